The summed E-state index contributed by atoms with van der Waals surface area (Å²) in [5.41, 5.74) is 0. The lowest BCUT2D eigenvalue weighted by molar-refractivity contribution is 0.0659. The Morgan fingerprint density at radius 3 is 2.78 bits per heavy atom. The van der Waals surface area contributed by atoms with Gasteiger partial charge in [-0.1, -0.05) is 19.8 Å². The molecule has 2 rings (SSSR count). The van der Waals surface area contributed by atoms with Crippen molar-refractivity contribution in [1.29, 1.82) is 0 Å². The monoisotopic (exact) mass is 251 g/mol. The van der Waals surface area contributed by atoms with Gasteiger partial charge in [-0.15, -0.1) is 0 Å². The van der Waals surface area contributed by atoms with Crippen LogP contribution in [-0.2, 0) is 0 Å². The first-order valence-electron chi connectivity index (χ1n) is 6.69. The number of nitrogens with one attached hydrogen (secondary N) is 1. The molecule has 0 radical (unpaired) electrons. The molecule has 0 spiro atoms. The highest BCUT2D eigenvalue weighted by Crippen LogP contribution is 2.34. The summed E-state index contributed by atoms with van der Waals surface area (Å²) in [7, 11) is 0. The lowest BCUT2D eigenvalue weighted by atomic mass is 10.1. The fourth-order valence-electron chi connectivity index (χ4n) is 2.24. The van der Waals surface area contributed by atoms with E-state index in [1.54, 1.807) is 6.07 Å². The minimum absolute atomic E-state index is 0.00823. The van der Waals surface area contributed by atoms with Crippen molar-refractivity contribution in [3.8, 4) is 0 Å². The van der Waals surface area contributed by atoms with Crippen molar-refractivity contribution < 1.29 is 14.3 Å². The standard InChI is InChI=1S/C14H21NO3/c1-3-11(8-10-4-5-10)15-9(2)12-6-7-13(18-12)14(16)17/h6-7,9-11,15H,3-5,8H2,1-2H3,(H,16,17). The summed E-state index contributed by atoms with van der Waals surface area (Å²) in [4.78, 5) is 10.8. The summed E-state index contributed by atoms with van der Waals surface area (Å²) >= 11 is 0. The van der Waals surface area contributed by atoms with Crippen molar-refractivity contribution in [3.05, 3.63) is 23.7 Å². The van der Waals surface area contributed by atoms with Crippen molar-refractivity contribution in [2.45, 2.75) is 51.6 Å². The van der Waals surface area contributed by atoms with E-state index in [1.807, 2.05) is 6.92 Å². The molecule has 1 aromatic heterocycles. The molecule has 4 nitrogen and oxygen atoms in total. The molecule has 1 fully saturated rings. The van der Waals surface area contributed by atoms with Gasteiger partial charge in [0.25, 0.3) is 0 Å². The Balaban J connectivity index is 1.91. The Labute approximate surface area is 107 Å². The molecule has 0 amide bonds. The van der Waals surface area contributed by atoms with Gasteiger partial charge in [-0.25, -0.2) is 4.79 Å². The van der Waals surface area contributed by atoms with Crippen LogP contribution in [-0.4, -0.2) is 17.1 Å². The third-order valence-electron chi connectivity index (χ3n) is 3.56. The average molecular weight is 251 g/mol. The first kappa shape index (κ1) is 13.1. The molecule has 18 heavy (non-hydrogen) atoms. The van der Waals surface area contributed by atoms with E-state index in [4.69, 9.17) is 9.52 Å². The minimum atomic E-state index is -1.02. The van der Waals surface area contributed by atoms with Gasteiger partial charge in [0.1, 0.15) is 5.76 Å². The second-order valence-corrected chi connectivity index (χ2v) is 5.18. The van der Waals surface area contributed by atoms with Crippen molar-refractivity contribution in [1.82, 2.24) is 5.32 Å². The maximum absolute atomic E-state index is 10.8. The molecule has 2 atom stereocenters. The summed E-state index contributed by atoms with van der Waals surface area (Å²) in [6, 6.07) is 3.80. The van der Waals surface area contributed by atoms with E-state index in [2.05, 4.69) is 12.2 Å². The van der Waals surface area contributed by atoms with Crippen LogP contribution in [0, 0.1) is 5.92 Å². The molecule has 0 saturated heterocycles. The Bertz CT molecular complexity index is 409. The molecule has 0 bridgehead atoms. The van der Waals surface area contributed by atoms with Crippen molar-refractivity contribution >= 4 is 5.97 Å². The van der Waals surface area contributed by atoms with Crippen LogP contribution in [0.1, 0.15) is 61.9 Å². The molecular weight excluding hydrogens is 230 g/mol. The fourth-order valence-corrected chi connectivity index (χ4v) is 2.24. The second-order valence-electron chi connectivity index (χ2n) is 5.18. The molecule has 0 aliphatic heterocycles. The molecule has 100 valence electrons. The molecule has 1 aliphatic rings. The zero-order valence-electron chi connectivity index (χ0n) is 11.0. The van der Waals surface area contributed by atoms with Gasteiger partial charge in [0.15, 0.2) is 0 Å². The second kappa shape index (κ2) is 5.57. The number of rotatable bonds is 7. The van der Waals surface area contributed by atoms with Crippen LogP contribution in [0.15, 0.2) is 16.5 Å². The van der Waals surface area contributed by atoms with Crippen LogP contribution < -0.4 is 5.32 Å². The summed E-state index contributed by atoms with van der Waals surface area (Å²) in [5.74, 6) is 0.579. The molecular formula is C14H21NO3. The molecule has 1 heterocycles. The van der Waals surface area contributed by atoms with E-state index in [9.17, 15) is 4.79 Å². The van der Waals surface area contributed by atoms with Gasteiger partial charge in [-0.3, -0.25) is 0 Å². The Morgan fingerprint density at radius 1 is 1.56 bits per heavy atom. The molecule has 1 aromatic rings. The largest absolute Gasteiger partial charge is 0.475 e. The van der Waals surface area contributed by atoms with Gasteiger partial charge in [0.2, 0.25) is 5.76 Å². The van der Waals surface area contributed by atoms with Crippen LogP contribution in [0.5, 0.6) is 0 Å². The predicted molar refractivity (Wildman–Crippen MR) is 68.6 cm³/mol. The van der Waals surface area contributed by atoms with Gasteiger partial charge in [0, 0.05) is 6.04 Å². The molecule has 0 aromatic carbocycles. The van der Waals surface area contributed by atoms with Crippen LogP contribution in [0.25, 0.3) is 0 Å². The number of hydrogen-bond acceptors (Lipinski definition) is 3. The zero-order valence-corrected chi connectivity index (χ0v) is 11.0. The molecule has 1 aliphatic carbocycles. The van der Waals surface area contributed by atoms with E-state index >= 15 is 0 Å². The molecule has 4 heteroatoms. The topological polar surface area (TPSA) is 62.5 Å². The molecule has 2 unspecified atom stereocenters. The van der Waals surface area contributed by atoms with Gasteiger partial charge in [0.05, 0.1) is 6.04 Å². The Kier molecular flexibility index (Phi) is 4.07. The molecule has 1 saturated carbocycles. The fraction of sp³-hybridized carbons (Fsp3) is 0.643. The van der Waals surface area contributed by atoms with Crippen LogP contribution >= 0.6 is 0 Å². The Morgan fingerprint density at radius 2 is 2.28 bits per heavy atom. The number of carboxylic acids is 1. The highest BCUT2D eigenvalue weighted by Gasteiger charge is 2.26. The number of aromatic carboxylic acids is 1. The predicted octanol–water partition coefficient (Wildman–Crippen LogP) is 3.21. The van der Waals surface area contributed by atoms with Crippen LogP contribution in [0.4, 0.5) is 0 Å². The van der Waals surface area contributed by atoms with Crippen molar-refractivity contribution in [3.63, 3.8) is 0 Å². The van der Waals surface area contributed by atoms with Gasteiger partial charge in [-0.05, 0) is 37.8 Å². The maximum Gasteiger partial charge on any atom is 0.371 e. The van der Waals surface area contributed by atoms with E-state index in [-0.39, 0.29) is 11.8 Å². The summed E-state index contributed by atoms with van der Waals surface area (Å²) in [6.45, 7) is 4.19. The quantitative estimate of drug-likeness (QED) is 0.781. The lowest BCUT2D eigenvalue weighted by Crippen LogP contribution is -2.31. The third kappa shape index (κ3) is 3.35. The third-order valence-corrected chi connectivity index (χ3v) is 3.56. The van der Waals surface area contributed by atoms with Crippen molar-refractivity contribution in [2.24, 2.45) is 5.92 Å². The van der Waals surface area contributed by atoms with E-state index < -0.39 is 5.97 Å². The van der Waals surface area contributed by atoms with Crippen LogP contribution in [0.3, 0.4) is 0 Å². The smallest absolute Gasteiger partial charge is 0.371 e. The summed E-state index contributed by atoms with van der Waals surface area (Å²) in [6.07, 6.45) is 5.02. The zero-order chi connectivity index (χ0) is 13.1. The number of hydrogen-bond donors (Lipinski definition) is 2. The highest BCUT2D eigenvalue weighted by molar-refractivity contribution is 5.84. The molecule has 2 N–H and O–H groups in total. The lowest BCUT2D eigenvalue weighted by Gasteiger charge is -2.20. The first-order valence-corrected chi connectivity index (χ1v) is 6.69. The van der Waals surface area contributed by atoms with Gasteiger partial charge in [-0.2, -0.15) is 0 Å². The number of furan rings is 1. The van der Waals surface area contributed by atoms with E-state index in [0.717, 1.165) is 12.3 Å². The minimum Gasteiger partial charge on any atom is -0.475 e. The van der Waals surface area contributed by atoms with Gasteiger partial charge < -0.3 is 14.8 Å². The highest BCUT2D eigenvalue weighted by atomic mass is 16.4. The Hall–Kier alpha value is -1.29. The van der Waals surface area contributed by atoms with E-state index in [0.29, 0.717) is 11.8 Å². The van der Waals surface area contributed by atoms with Gasteiger partial charge >= 0.3 is 5.97 Å². The number of carboxylic acid groups (broad SMARTS) is 1. The number of carbonyl (C=O) groups is 1. The van der Waals surface area contributed by atoms with Crippen LogP contribution in [0.2, 0.25) is 0 Å². The average Bonchev–Trinajstić information content (AvgIpc) is 3.00. The summed E-state index contributed by atoms with van der Waals surface area (Å²) < 4.78 is 5.31. The van der Waals surface area contributed by atoms with Crippen molar-refractivity contribution in [2.75, 3.05) is 0 Å². The normalized spacial score (nSPS) is 18.6. The van der Waals surface area contributed by atoms with E-state index in [1.165, 1.54) is 25.3 Å². The SMILES string of the molecule is CCC(CC1CC1)NC(C)c1ccc(C(=O)O)o1. The summed E-state index contributed by atoms with van der Waals surface area (Å²) in [5, 5.41) is 12.3. The maximum atomic E-state index is 10.8. The first-order chi connectivity index (χ1) is 8.60.